The number of nitrogens with one attached hydrogen (secondary N) is 1. The first-order chi connectivity index (χ1) is 17.8. The van der Waals surface area contributed by atoms with Crippen LogP contribution in [0.5, 0.6) is 5.75 Å². The number of carbonyl (C=O) groups excluding carboxylic acids is 1. The lowest BCUT2D eigenvalue weighted by Crippen LogP contribution is -2.54. The lowest BCUT2D eigenvalue weighted by Gasteiger charge is -2.34. The lowest BCUT2D eigenvalue weighted by molar-refractivity contribution is 0.0609. The smallest absolute Gasteiger partial charge is 0.271 e. The van der Waals surface area contributed by atoms with E-state index in [9.17, 15) is 18.4 Å². The fourth-order valence-electron chi connectivity index (χ4n) is 4.49. The summed E-state index contributed by atoms with van der Waals surface area (Å²) < 4.78 is 35.1. The Balaban J connectivity index is 1.15. The highest BCUT2D eigenvalue weighted by molar-refractivity contribution is 6.31. The summed E-state index contributed by atoms with van der Waals surface area (Å²) in [6.07, 6.45) is 4.18. The number of fused-ring (bicyclic) bond motifs is 1. The average molecular weight is 551 g/mol. The predicted octanol–water partition coefficient (Wildman–Crippen LogP) is 4.65. The second-order valence-corrected chi connectivity index (χ2v) is 10.2. The van der Waals surface area contributed by atoms with Crippen LogP contribution >= 0.6 is 23.2 Å². The van der Waals surface area contributed by atoms with E-state index < -0.39 is 23.0 Å². The van der Waals surface area contributed by atoms with Crippen LogP contribution in [0.15, 0.2) is 41.3 Å². The van der Waals surface area contributed by atoms with Crippen LogP contribution in [0, 0.1) is 11.6 Å². The average Bonchev–Trinajstić information content (AvgIpc) is 3.72. The van der Waals surface area contributed by atoms with Gasteiger partial charge in [0.2, 0.25) is 5.43 Å². The molecule has 1 aliphatic heterocycles. The summed E-state index contributed by atoms with van der Waals surface area (Å²) in [7, 11) is 0. The van der Waals surface area contributed by atoms with Crippen LogP contribution in [0.25, 0.3) is 10.9 Å². The fraction of sp³-hybridized carbons (Fsp3) is 0.385. The first-order valence-corrected chi connectivity index (χ1v) is 13.0. The molecule has 2 fully saturated rings. The van der Waals surface area contributed by atoms with Crippen LogP contribution in [0.2, 0.25) is 10.0 Å². The van der Waals surface area contributed by atoms with Crippen molar-refractivity contribution in [2.45, 2.75) is 25.3 Å². The maximum Gasteiger partial charge on any atom is 0.271 e. The Morgan fingerprint density at radius 3 is 2.46 bits per heavy atom. The van der Waals surface area contributed by atoms with Crippen molar-refractivity contribution in [3.05, 3.63) is 74.0 Å². The highest BCUT2D eigenvalue weighted by atomic mass is 35.5. The van der Waals surface area contributed by atoms with E-state index in [1.54, 1.807) is 17.3 Å². The number of amides is 1. The van der Waals surface area contributed by atoms with E-state index in [-0.39, 0.29) is 27.0 Å². The third kappa shape index (κ3) is 5.90. The van der Waals surface area contributed by atoms with Gasteiger partial charge in [0.15, 0.2) is 0 Å². The molecule has 2 aliphatic rings. The van der Waals surface area contributed by atoms with Crippen LogP contribution in [0.3, 0.4) is 0 Å². The van der Waals surface area contributed by atoms with Gasteiger partial charge < -0.3 is 14.2 Å². The first kappa shape index (κ1) is 25.9. The Morgan fingerprint density at radius 2 is 1.76 bits per heavy atom. The van der Waals surface area contributed by atoms with Gasteiger partial charge in [0.05, 0.1) is 22.2 Å². The molecule has 1 saturated carbocycles. The summed E-state index contributed by atoms with van der Waals surface area (Å²) in [4.78, 5) is 28.3. The van der Waals surface area contributed by atoms with Crippen LogP contribution in [-0.4, -0.2) is 59.7 Å². The number of hydrogen-bond donors (Lipinski definition) is 1. The first-order valence-electron chi connectivity index (χ1n) is 12.2. The number of halogens is 4. The molecule has 0 unspecified atom stereocenters. The monoisotopic (exact) mass is 550 g/mol. The van der Waals surface area contributed by atoms with Gasteiger partial charge in [0.25, 0.3) is 5.91 Å². The zero-order chi connectivity index (χ0) is 26.1. The molecule has 2 aromatic carbocycles. The molecule has 3 aromatic rings. The van der Waals surface area contributed by atoms with Gasteiger partial charge in [-0.15, -0.1) is 0 Å². The molecule has 11 heteroatoms. The largest absolute Gasteiger partial charge is 0.493 e. The number of hydrazine groups is 1. The van der Waals surface area contributed by atoms with Crippen LogP contribution in [0.1, 0.15) is 35.7 Å². The summed E-state index contributed by atoms with van der Waals surface area (Å²) in [6, 6.07) is 7.10. The number of piperazine rings is 1. The van der Waals surface area contributed by atoms with Gasteiger partial charge in [0.1, 0.15) is 22.9 Å². The molecule has 1 amide bonds. The van der Waals surface area contributed by atoms with E-state index >= 15 is 0 Å². The Hall–Kier alpha value is -2.72. The molecular formula is C26H26Cl2F2N4O3. The summed E-state index contributed by atoms with van der Waals surface area (Å²) in [5.41, 5.74) is 2.84. The fourth-order valence-corrected chi connectivity index (χ4v) is 4.77. The number of benzene rings is 2. The van der Waals surface area contributed by atoms with Crippen molar-refractivity contribution in [3.8, 4) is 5.75 Å². The van der Waals surface area contributed by atoms with Gasteiger partial charge >= 0.3 is 0 Å². The molecule has 1 saturated heterocycles. The molecule has 1 aromatic heterocycles. The molecule has 0 atom stereocenters. The Kier molecular flexibility index (Phi) is 7.67. The summed E-state index contributed by atoms with van der Waals surface area (Å²) in [6.45, 7) is 3.86. The number of carbonyl (C=O) groups is 1. The summed E-state index contributed by atoms with van der Waals surface area (Å²) in [5, 5.41) is 1.95. The minimum absolute atomic E-state index is 0.0145. The molecular weight excluding hydrogens is 525 g/mol. The molecule has 0 bridgehead atoms. The normalized spacial score (nSPS) is 16.8. The van der Waals surface area contributed by atoms with Crippen molar-refractivity contribution < 1.29 is 18.3 Å². The maximum atomic E-state index is 14.1. The van der Waals surface area contributed by atoms with Gasteiger partial charge in [-0.3, -0.25) is 15.0 Å². The molecule has 0 spiro atoms. The van der Waals surface area contributed by atoms with Crippen LogP contribution < -0.4 is 15.6 Å². The number of pyridine rings is 1. The standard InChI is InChI=1S/C26H26Cl2F2N4O3/c27-20-5-4-17(12-22(20)29)37-11-1-6-32-7-9-33(10-8-32)31-26(36)19-15-34(16-2-3-16)24-14-21(28)23(30)13-18(24)25(19)35/h4-5,12-16H,1-3,6-11H2,(H,31,36). The molecule has 7 nitrogen and oxygen atoms in total. The SMILES string of the molecule is O=C(NN1CCN(CCCOc2ccc(Cl)c(F)c2)CC1)c1cn(C2CC2)c2cc(Cl)c(F)cc2c1=O. The molecule has 5 rings (SSSR count). The second-order valence-electron chi connectivity index (χ2n) is 9.34. The quantitative estimate of drug-likeness (QED) is 0.413. The minimum Gasteiger partial charge on any atom is -0.493 e. The van der Waals surface area contributed by atoms with Gasteiger partial charge in [0, 0.05) is 56.4 Å². The Labute approximate surface area is 222 Å². The summed E-state index contributed by atoms with van der Waals surface area (Å²) >= 11 is 11.6. The molecule has 0 radical (unpaired) electrons. The van der Waals surface area contributed by atoms with Gasteiger partial charge in [-0.2, -0.15) is 0 Å². The third-order valence-corrected chi connectivity index (χ3v) is 7.27. The van der Waals surface area contributed by atoms with E-state index in [2.05, 4.69) is 10.3 Å². The van der Waals surface area contributed by atoms with E-state index in [1.165, 1.54) is 18.2 Å². The van der Waals surface area contributed by atoms with Crippen molar-refractivity contribution in [2.75, 3.05) is 39.3 Å². The molecule has 37 heavy (non-hydrogen) atoms. The van der Waals surface area contributed by atoms with Crippen molar-refractivity contribution in [1.82, 2.24) is 19.9 Å². The lowest BCUT2D eigenvalue weighted by atomic mass is 10.1. The molecule has 196 valence electrons. The highest BCUT2D eigenvalue weighted by Gasteiger charge is 2.28. The van der Waals surface area contributed by atoms with Crippen molar-refractivity contribution in [3.63, 3.8) is 0 Å². The maximum absolute atomic E-state index is 14.1. The topological polar surface area (TPSA) is 66.8 Å². The summed E-state index contributed by atoms with van der Waals surface area (Å²) in [5.74, 6) is -1.26. The van der Waals surface area contributed by atoms with Gasteiger partial charge in [-0.25, -0.2) is 13.8 Å². The van der Waals surface area contributed by atoms with Crippen molar-refractivity contribution >= 4 is 40.0 Å². The minimum atomic E-state index is -0.687. The van der Waals surface area contributed by atoms with Gasteiger partial charge in [-0.05, 0) is 43.5 Å². The Morgan fingerprint density at radius 1 is 1.03 bits per heavy atom. The van der Waals surface area contributed by atoms with E-state index in [0.29, 0.717) is 31.0 Å². The van der Waals surface area contributed by atoms with E-state index in [0.717, 1.165) is 45.0 Å². The third-order valence-electron chi connectivity index (χ3n) is 6.67. The van der Waals surface area contributed by atoms with Crippen LogP contribution in [-0.2, 0) is 0 Å². The van der Waals surface area contributed by atoms with Crippen molar-refractivity contribution in [2.24, 2.45) is 0 Å². The van der Waals surface area contributed by atoms with Gasteiger partial charge in [-0.1, -0.05) is 23.2 Å². The predicted molar refractivity (Wildman–Crippen MR) is 138 cm³/mol. The van der Waals surface area contributed by atoms with Crippen LogP contribution in [0.4, 0.5) is 8.78 Å². The zero-order valence-corrected chi connectivity index (χ0v) is 21.5. The number of nitrogens with zero attached hydrogens (tertiary/aromatic N) is 3. The van der Waals surface area contributed by atoms with E-state index in [1.807, 2.05) is 4.57 Å². The number of hydrogen-bond acceptors (Lipinski definition) is 5. The molecule has 1 N–H and O–H groups in total. The molecule has 2 heterocycles. The number of aromatic nitrogens is 1. The zero-order valence-electron chi connectivity index (χ0n) is 20.0. The van der Waals surface area contributed by atoms with E-state index in [4.69, 9.17) is 27.9 Å². The second kappa shape index (κ2) is 10.9. The Bertz CT molecular complexity index is 1390. The molecule has 1 aliphatic carbocycles. The number of rotatable bonds is 8. The highest BCUT2D eigenvalue weighted by Crippen LogP contribution is 2.37. The number of ether oxygens (including phenoxy) is 1. The van der Waals surface area contributed by atoms with Crippen molar-refractivity contribution in [1.29, 1.82) is 0 Å².